The average molecular weight is 291 g/mol. The lowest BCUT2D eigenvalue weighted by atomic mass is 10.00. The monoisotopic (exact) mass is 291 g/mol. The molecule has 3 nitrogen and oxygen atoms in total. The van der Waals surface area contributed by atoms with Gasteiger partial charge in [0.15, 0.2) is 0 Å². The second kappa shape index (κ2) is 7.38. The summed E-state index contributed by atoms with van der Waals surface area (Å²) in [7, 11) is 3.02. The first-order valence-corrected chi connectivity index (χ1v) is 6.43. The Kier molecular flexibility index (Phi) is 6.13. The molecule has 20 heavy (non-hydrogen) atoms. The van der Waals surface area contributed by atoms with Gasteiger partial charge in [0, 0.05) is 18.0 Å². The van der Waals surface area contributed by atoms with Gasteiger partial charge >= 0.3 is 6.18 Å². The number of halogens is 3. The lowest BCUT2D eigenvalue weighted by molar-refractivity contribution is -0.136. The molecule has 0 radical (unpaired) electrons. The summed E-state index contributed by atoms with van der Waals surface area (Å²) in [6, 6.07) is 4.70. The van der Waals surface area contributed by atoms with E-state index in [1.165, 1.54) is 14.2 Å². The molecule has 0 fully saturated rings. The molecule has 0 aliphatic rings. The zero-order chi connectivity index (χ0) is 15.2. The standard InChI is InChI=1S/C14H20F3NO2/c1-4-18-12(7-8-14(15,16)17)11-9-10(19-2)5-6-13(11)20-3/h5-6,9,12,18H,4,7-8H2,1-3H3. The third kappa shape index (κ3) is 4.92. The molecule has 1 N–H and O–H groups in total. The second-order valence-electron chi connectivity index (χ2n) is 4.37. The van der Waals surface area contributed by atoms with Gasteiger partial charge in [-0.1, -0.05) is 6.92 Å². The zero-order valence-electron chi connectivity index (χ0n) is 11.9. The molecule has 1 aromatic carbocycles. The summed E-state index contributed by atoms with van der Waals surface area (Å²) in [5.74, 6) is 1.15. The van der Waals surface area contributed by atoms with Crippen LogP contribution in [0.4, 0.5) is 13.2 Å². The second-order valence-corrected chi connectivity index (χ2v) is 4.37. The molecule has 1 rings (SSSR count). The summed E-state index contributed by atoms with van der Waals surface area (Å²) >= 11 is 0. The number of hydrogen-bond acceptors (Lipinski definition) is 3. The first-order chi connectivity index (χ1) is 9.41. The molecule has 0 amide bonds. The minimum absolute atomic E-state index is 0.0408. The quantitative estimate of drug-likeness (QED) is 0.831. The highest BCUT2D eigenvalue weighted by Crippen LogP contribution is 2.34. The van der Waals surface area contributed by atoms with Gasteiger partial charge in [-0.05, 0) is 31.2 Å². The number of alkyl halides is 3. The van der Waals surface area contributed by atoms with Gasteiger partial charge in [-0.3, -0.25) is 0 Å². The molecular weight excluding hydrogens is 271 g/mol. The lowest BCUT2D eigenvalue weighted by Gasteiger charge is -2.22. The topological polar surface area (TPSA) is 30.5 Å². The van der Waals surface area contributed by atoms with Crippen molar-refractivity contribution in [3.8, 4) is 11.5 Å². The lowest BCUT2D eigenvalue weighted by Crippen LogP contribution is -2.23. The largest absolute Gasteiger partial charge is 0.497 e. The smallest absolute Gasteiger partial charge is 0.389 e. The van der Waals surface area contributed by atoms with E-state index in [4.69, 9.17) is 9.47 Å². The fourth-order valence-corrected chi connectivity index (χ4v) is 2.03. The maximum atomic E-state index is 12.4. The van der Waals surface area contributed by atoms with Crippen molar-refractivity contribution >= 4 is 0 Å². The highest BCUT2D eigenvalue weighted by atomic mass is 19.4. The first-order valence-electron chi connectivity index (χ1n) is 6.43. The van der Waals surface area contributed by atoms with Gasteiger partial charge in [-0.2, -0.15) is 13.2 Å². The molecule has 0 heterocycles. The Labute approximate surface area is 117 Å². The fourth-order valence-electron chi connectivity index (χ4n) is 2.03. The van der Waals surface area contributed by atoms with Crippen molar-refractivity contribution in [3.05, 3.63) is 23.8 Å². The SMILES string of the molecule is CCNC(CCC(F)(F)F)c1cc(OC)ccc1OC. The minimum Gasteiger partial charge on any atom is -0.497 e. The fraction of sp³-hybridized carbons (Fsp3) is 0.571. The van der Waals surface area contributed by atoms with E-state index in [0.717, 1.165) is 0 Å². The average Bonchev–Trinajstić information content (AvgIpc) is 2.41. The van der Waals surface area contributed by atoms with Crippen LogP contribution in [-0.4, -0.2) is 26.9 Å². The molecule has 1 unspecified atom stereocenters. The summed E-state index contributed by atoms with van der Waals surface area (Å²) in [5.41, 5.74) is 0.679. The number of methoxy groups -OCH3 is 2. The Balaban J connectivity index is 2.99. The highest BCUT2D eigenvalue weighted by molar-refractivity contribution is 5.42. The predicted octanol–water partition coefficient (Wildman–Crippen LogP) is 3.70. The van der Waals surface area contributed by atoms with E-state index in [2.05, 4.69) is 5.32 Å². The van der Waals surface area contributed by atoms with Gasteiger partial charge in [0.25, 0.3) is 0 Å². The van der Waals surface area contributed by atoms with Crippen molar-refractivity contribution in [2.24, 2.45) is 0 Å². The Morgan fingerprint density at radius 1 is 1.20 bits per heavy atom. The highest BCUT2D eigenvalue weighted by Gasteiger charge is 2.29. The molecule has 114 valence electrons. The Morgan fingerprint density at radius 2 is 1.90 bits per heavy atom. The first kappa shape index (κ1) is 16.6. The van der Waals surface area contributed by atoms with Crippen molar-refractivity contribution in [1.82, 2.24) is 5.32 Å². The Hall–Kier alpha value is -1.43. The molecule has 0 saturated carbocycles. The third-order valence-electron chi connectivity index (χ3n) is 2.98. The molecule has 0 aliphatic carbocycles. The van der Waals surface area contributed by atoms with Crippen LogP contribution in [0.3, 0.4) is 0 Å². The van der Waals surface area contributed by atoms with Crippen molar-refractivity contribution in [2.75, 3.05) is 20.8 Å². The molecule has 6 heteroatoms. The van der Waals surface area contributed by atoms with Crippen molar-refractivity contribution < 1.29 is 22.6 Å². The molecule has 1 aromatic rings. The van der Waals surface area contributed by atoms with Crippen LogP contribution in [0.15, 0.2) is 18.2 Å². The number of nitrogens with one attached hydrogen (secondary N) is 1. The maximum Gasteiger partial charge on any atom is 0.389 e. The molecular formula is C14H20F3NO2. The van der Waals surface area contributed by atoms with Gasteiger partial charge < -0.3 is 14.8 Å². The van der Waals surface area contributed by atoms with Gasteiger partial charge in [0.2, 0.25) is 0 Å². The minimum atomic E-state index is -4.17. The summed E-state index contributed by atoms with van der Waals surface area (Å²) in [6.07, 6.45) is -5.05. The molecule has 0 aliphatic heterocycles. The molecule has 0 spiro atoms. The molecule has 0 saturated heterocycles. The van der Waals surface area contributed by atoms with Crippen molar-refractivity contribution in [1.29, 1.82) is 0 Å². The number of rotatable bonds is 7. The number of hydrogen-bond donors (Lipinski definition) is 1. The summed E-state index contributed by atoms with van der Waals surface area (Å²) in [4.78, 5) is 0. The van der Waals surface area contributed by atoms with E-state index < -0.39 is 18.6 Å². The molecule has 0 bridgehead atoms. The van der Waals surface area contributed by atoms with Crippen LogP contribution in [0.2, 0.25) is 0 Å². The van der Waals surface area contributed by atoms with E-state index in [-0.39, 0.29) is 6.42 Å². The van der Waals surface area contributed by atoms with Gasteiger partial charge in [0.05, 0.1) is 14.2 Å². The number of benzene rings is 1. The van der Waals surface area contributed by atoms with Gasteiger partial charge in [-0.15, -0.1) is 0 Å². The van der Waals surface area contributed by atoms with Crippen molar-refractivity contribution in [3.63, 3.8) is 0 Å². The van der Waals surface area contributed by atoms with Crippen LogP contribution >= 0.6 is 0 Å². The molecule has 0 aromatic heterocycles. The van der Waals surface area contributed by atoms with Crippen LogP contribution in [0, 0.1) is 0 Å². The van der Waals surface area contributed by atoms with Crippen LogP contribution in [0.1, 0.15) is 31.4 Å². The van der Waals surface area contributed by atoms with Gasteiger partial charge in [-0.25, -0.2) is 0 Å². The molecule has 1 atom stereocenters. The van der Waals surface area contributed by atoms with E-state index in [1.54, 1.807) is 18.2 Å². The van der Waals surface area contributed by atoms with Crippen LogP contribution in [0.25, 0.3) is 0 Å². The van der Waals surface area contributed by atoms with E-state index in [9.17, 15) is 13.2 Å². The van der Waals surface area contributed by atoms with Crippen LogP contribution < -0.4 is 14.8 Å². The summed E-state index contributed by atoms with van der Waals surface area (Å²) < 4.78 is 47.6. The van der Waals surface area contributed by atoms with Crippen molar-refractivity contribution in [2.45, 2.75) is 32.0 Å². The van der Waals surface area contributed by atoms with E-state index >= 15 is 0 Å². The maximum absolute atomic E-state index is 12.4. The zero-order valence-corrected chi connectivity index (χ0v) is 11.9. The Bertz CT molecular complexity index is 421. The number of ether oxygens (including phenoxy) is 2. The van der Waals surface area contributed by atoms with Crippen LogP contribution in [-0.2, 0) is 0 Å². The third-order valence-corrected chi connectivity index (χ3v) is 2.98. The van der Waals surface area contributed by atoms with Gasteiger partial charge in [0.1, 0.15) is 11.5 Å². The Morgan fingerprint density at radius 3 is 2.40 bits per heavy atom. The normalized spacial score (nSPS) is 13.1. The van der Waals surface area contributed by atoms with E-state index in [0.29, 0.717) is 23.6 Å². The van der Waals surface area contributed by atoms with E-state index in [1.807, 2.05) is 6.92 Å². The summed E-state index contributed by atoms with van der Waals surface area (Å²) in [6.45, 7) is 2.43. The van der Waals surface area contributed by atoms with Crippen LogP contribution in [0.5, 0.6) is 11.5 Å². The predicted molar refractivity (Wildman–Crippen MR) is 71.3 cm³/mol. The summed E-state index contributed by atoms with van der Waals surface area (Å²) in [5, 5.41) is 3.06.